The molecule has 9 nitrogen and oxygen atoms in total. The standard InChI is InChI=1S/C31H35FN4O5S/c32-29-20-26(30(37)38)8-9-27(29)23-36(31(39)35-16-18-42(40,41)19-17-35)28-10-6-25(7-11-28)22-34-14-12-33(13-15-34)21-24-4-2-1-3-5-24/h1-11,20H,12-19,21-23H2,(H,37,38). The number of carbonyl (C=O) groups is 2. The van der Waals surface area contributed by atoms with Gasteiger partial charge in [0.2, 0.25) is 0 Å². The summed E-state index contributed by atoms with van der Waals surface area (Å²) in [6.07, 6.45) is 0. The molecule has 42 heavy (non-hydrogen) atoms. The van der Waals surface area contributed by atoms with Crippen molar-refractivity contribution in [3.63, 3.8) is 0 Å². The van der Waals surface area contributed by atoms with Crippen LogP contribution in [-0.2, 0) is 29.5 Å². The zero-order valence-electron chi connectivity index (χ0n) is 23.4. The predicted octanol–water partition coefficient (Wildman–Crippen LogP) is 3.70. The van der Waals surface area contributed by atoms with Crippen LogP contribution in [0.25, 0.3) is 0 Å². The fourth-order valence-electron chi connectivity index (χ4n) is 5.31. The summed E-state index contributed by atoms with van der Waals surface area (Å²) < 4.78 is 38.7. The molecule has 1 N–H and O–H groups in total. The molecule has 0 saturated carbocycles. The lowest BCUT2D eigenvalue weighted by Crippen LogP contribution is -2.49. The number of piperazine rings is 1. The number of aromatic carboxylic acids is 1. The number of urea groups is 1. The SMILES string of the molecule is O=C(O)c1ccc(CN(C(=O)N2CCS(=O)(=O)CC2)c2ccc(CN3CCN(Cc4ccccc4)CC3)cc2)c(F)c1. The Kier molecular flexibility index (Phi) is 9.20. The first-order valence-electron chi connectivity index (χ1n) is 14.0. The van der Waals surface area contributed by atoms with Gasteiger partial charge >= 0.3 is 12.0 Å². The van der Waals surface area contributed by atoms with Crippen molar-refractivity contribution < 1.29 is 27.5 Å². The Balaban J connectivity index is 1.27. The van der Waals surface area contributed by atoms with Crippen molar-refractivity contribution in [1.82, 2.24) is 14.7 Å². The maximum Gasteiger partial charge on any atom is 0.335 e. The number of amides is 2. The zero-order valence-corrected chi connectivity index (χ0v) is 24.2. The van der Waals surface area contributed by atoms with Crippen LogP contribution in [0.4, 0.5) is 14.9 Å². The van der Waals surface area contributed by atoms with E-state index in [0.717, 1.165) is 50.9 Å². The third-order valence-corrected chi connectivity index (χ3v) is 9.45. The van der Waals surface area contributed by atoms with E-state index in [1.165, 1.54) is 27.5 Å². The molecular weight excluding hydrogens is 559 g/mol. The van der Waals surface area contributed by atoms with Gasteiger partial charge in [0.15, 0.2) is 9.84 Å². The van der Waals surface area contributed by atoms with Gasteiger partial charge in [0, 0.05) is 63.6 Å². The predicted molar refractivity (Wildman–Crippen MR) is 159 cm³/mol. The molecule has 2 aliphatic rings. The first-order chi connectivity index (χ1) is 20.2. The highest BCUT2D eigenvalue weighted by molar-refractivity contribution is 7.91. The van der Waals surface area contributed by atoms with Gasteiger partial charge in [-0.2, -0.15) is 0 Å². The van der Waals surface area contributed by atoms with Crippen molar-refractivity contribution >= 4 is 27.5 Å². The maximum absolute atomic E-state index is 14.9. The van der Waals surface area contributed by atoms with Crippen molar-refractivity contribution in [2.45, 2.75) is 19.6 Å². The van der Waals surface area contributed by atoms with Crippen LogP contribution in [0, 0.1) is 5.82 Å². The van der Waals surface area contributed by atoms with E-state index in [1.54, 1.807) is 0 Å². The highest BCUT2D eigenvalue weighted by Gasteiger charge is 2.30. The van der Waals surface area contributed by atoms with Gasteiger partial charge in [0.05, 0.1) is 23.6 Å². The van der Waals surface area contributed by atoms with Crippen LogP contribution in [0.15, 0.2) is 72.8 Å². The Bertz CT molecular complexity index is 1500. The van der Waals surface area contributed by atoms with Gasteiger partial charge in [-0.3, -0.25) is 14.7 Å². The third kappa shape index (κ3) is 7.53. The molecule has 5 rings (SSSR count). The molecule has 2 amide bonds. The van der Waals surface area contributed by atoms with E-state index in [0.29, 0.717) is 5.69 Å². The molecule has 0 radical (unpaired) electrons. The fourth-order valence-corrected chi connectivity index (χ4v) is 6.51. The second-order valence-corrected chi connectivity index (χ2v) is 13.1. The van der Waals surface area contributed by atoms with Crippen LogP contribution in [0.2, 0.25) is 0 Å². The van der Waals surface area contributed by atoms with Crippen molar-refractivity contribution in [3.8, 4) is 0 Å². The molecule has 0 unspecified atom stereocenters. The number of benzene rings is 3. The van der Waals surface area contributed by atoms with Crippen LogP contribution in [0.3, 0.4) is 0 Å². The normalized spacial score (nSPS) is 17.6. The first-order valence-corrected chi connectivity index (χ1v) is 15.9. The smallest absolute Gasteiger partial charge is 0.335 e. The summed E-state index contributed by atoms with van der Waals surface area (Å²) in [6.45, 7) is 5.55. The number of hydrogen-bond acceptors (Lipinski definition) is 6. The number of sulfone groups is 1. The minimum absolute atomic E-state index is 0.0619. The van der Waals surface area contributed by atoms with E-state index >= 15 is 0 Å². The number of halogens is 1. The van der Waals surface area contributed by atoms with E-state index in [9.17, 15) is 27.5 Å². The van der Waals surface area contributed by atoms with Gasteiger partial charge in [0.1, 0.15) is 5.82 Å². The molecule has 11 heteroatoms. The van der Waals surface area contributed by atoms with E-state index in [4.69, 9.17) is 0 Å². The van der Waals surface area contributed by atoms with Crippen molar-refractivity contribution in [2.75, 3.05) is 55.7 Å². The number of carbonyl (C=O) groups excluding carboxylic acids is 1. The molecule has 2 fully saturated rings. The van der Waals surface area contributed by atoms with Gasteiger partial charge in [-0.15, -0.1) is 0 Å². The van der Waals surface area contributed by atoms with E-state index in [1.807, 2.05) is 30.3 Å². The highest BCUT2D eigenvalue weighted by atomic mass is 32.2. The van der Waals surface area contributed by atoms with Gasteiger partial charge in [-0.25, -0.2) is 22.4 Å². The molecule has 3 aromatic carbocycles. The number of carboxylic acid groups (broad SMARTS) is 1. The summed E-state index contributed by atoms with van der Waals surface area (Å²) in [5.74, 6) is -2.20. The largest absolute Gasteiger partial charge is 0.478 e. The minimum atomic E-state index is -3.19. The molecule has 222 valence electrons. The first kappa shape index (κ1) is 29.7. The van der Waals surface area contributed by atoms with Gasteiger partial charge in [0.25, 0.3) is 0 Å². The number of nitrogens with zero attached hydrogens (tertiary/aromatic N) is 4. The number of anilines is 1. The lowest BCUT2D eigenvalue weighted by atomic mass is 10.1. The van der Waals surface area contributed by atoms with Crippen molar-refractivity contribution in [1.29, 1.82) is 0 Å². The summed E-state index contributed by atoms with van der Waals surface area (Å²) in [5.41, 5.74) is 2.93. The molecule has 3 aromatic rings. The van der Waals surface area contributed by atoms with E-state index in [2.05, 4.69) is 34.1 Å². The Morgan fingerprint density at radius 3 is 1.90 bits per heavy atom. The Labute approximate surface area is 245 Å². The van der Waals surface area contributed by atoms with Crippen molar-refractivity contribution in [3.05, 3.63) is 101 Å². The van der Waals surface area contributed by atoms with Gasteiger partial charge in [-0.05, 0) is 35.4 Å². The Morgan fingerprint density at radius 2 is 1.36 bits per heavy atom. The second kappa shape index (κ2) is 13.0. The lowest BCUT2D eigenvalue weighted by molar-refractivity contribution is 0.0696. The molecule has 0 atom stereocenters. The average molecular weight is 595 g/mol. The van der Waals surface area contributed by atoms with Gasteiger partial charge in [-0.1, -0.05) is 48.5 Å². The van der Waals surface area contributed by atoms with Crippen LogP contribution >= 0.6 is 0 Å². The minimum Gasteiger partial charge on any atom is -0.478 e. The molecule has 0 aliphatic carbocycles. The molecule has 2 heterocycles. The third-order valence-electron chi connectivity index (χ3n) is 7.84. The van der Waals surface area contributed by atoms with Crippen LogP contribution in [0.5, 0.6) is 0 Å². The Hall–Kier alpha value is -3.80. The van der Waals surface area contributed by atoms with Crippen LogP contribution < -0.4 is 4.90 Å². The van der Waals surface area contributed by atoms with E-state index in [-0.39, 0.29) is 42.3 Å². The molecular formula is C31H35FN4O5S. The molecule has 0 bridgehead atoms. The summed E-state index contributed by atoms with van der Waals surface area (Å²) in [6, 6.07) is 21.2. The molecule has 2 aliphatic heterocycles. The monoisotopic (exact) mass is 594 g/mol. The lowest BCUT2D eigenvalue weighted by Gasteiger charge is -2.35. The molecule has 0 aromatic heterocycles. The number of hydrogen-bond donors (Lipinski definition) is 1. The van der Waals surface area contributed by atoms with Crippen LogP contribution in [-0.4, -0.2) is 91.0 Å². The average Bonchev–Trinajstić information content (AvgIpc) is 2.98. The number of rotatable bonds is 8. The summed E-state index contributed by atoms with van der Waals surface area (Å²) >= 11 is 0. The van der Waals surface area contributed by atoms with Crippen molar-refractivity contribution in [2.24, 2.45) is 0 Å². The van der Waals surface area contributed by atoms with Gasteiger partial charge < -0.3 is 10.0 Å². The maximum atomic E-state index is 14.9. The van der Waals surface area contributed by atoms with E-state index < -0.39 is 27.7 Å². The summed E-state index contributed by atoms with van der Waals surface area (Å²) in [4.78, 5) is 32.6. The molecule has 0 spiro atoms. The van der Waals surface area contributed by atoms with Crippen LogP contribution in [0.1, 0.15) is 27.0 Å². The molecule has 2 saturated heterocycles. The summed E-state index contributed by atoms with van der Waals surface area (Å²) in [5, 5.41) is 9.18. The fraction of sp³-hybridized carbons (Fsp3) is 0.355. The quantitative estimate of drug-likeness (QED) is 0.425. The summed E-state index contributed by atoms with van der Waals surface area (Å²) in [7, 11) is -3.19. The number of carboxylic acids is 1. The Morgan fingerprint density at radius 1 is 0.786 bits per heavy atom. The highest BCUT2D eigenvalue weighted by Crippen LogP contribution is 2.24. The second-order valence-electron chi connectivity index (χ2n) is 10.8. The topological polar surface area (TPSA) is 101 Å². The zero-order chi connectivity index (χ0) is 29.7.